The minimum absolute atomic E-state index is 0.0814. The highest BCUT2D eigenvalue weighted by Crippen LogP contribution is 2.21. The van der Waals surface area contributed by atoms with Gasteiger partial charge >= 0.3 is 6.03 Å². The Morgan fingerprint density at radius 3 is 2.70 bits per heavy atom. The predicted molar refractivity (Wildman–Crippen MR) is 103 cm³/mol. The number of rotatable bonds is 4. The van der Waals surface area contributed by atoms with Crippen LogP contribution in [0.5, 0.6) is 0 Å². The molecule has 3 aromatic rings. The predicted octanol–water partition coefficient (Wildman–Crippen LogP) is 4.28. The number of benzene rings is 2. The molecule has 0 fully saturated rings. The molecule has 6 heteroatoms. The molecule has 0 unspecified atom stereocenters. The lowest BCUT2D eigenvalue weighted by atomic mass is 10.0. The summed E-state index contributed by atoms with van der Waals surface area (Å²) in [6.45, 7) is 3.44. The van der Waals surface area contributed by atoms with E-state index in [4.69, 9.17) is 4.52 Å². The molecule has 6 nitrogen and oxygen atoms in total. The van der Waals surface area contributed by atoms with Gasteiger partial charge in [-0.05, 0) is 48.2 Å². The van der Waals surface area contributed by atoms with Crippen LogP contribution in [0, 0.1) is 0 Å². The van der Waals surface area contributed by atoms with Crippen molar-refractivity contribution in [1.29, 1.82) is 0 Å². The van der Waals surface area contributed by atoms with Gasteiger partial charge in [-0.3, -0.25) is 0 Å². The molecule has 138 valence electrons. The number of nitrogens with zero attached hydrogens (tertiary/aromatic N) is 3. The Morgan fingerprint density at radius 1 is 1.15 bits per heavy atom. The average Bonchev–Trinajstić information content (AvgIpc) is 3.17. The van der Waals surface area contributed by atoms with Crippen molar-refractivity contribution in [2.24, 2.45) is 0 Å². The van der Waals surface area contributed by atoms with Crippen molar-refractivity contribution in [3.8, 4) is 11.4 Å². The second-order valence-electron chi connectivity index (χ2n) is 6.71. The van der Waals surface area contributed by atoms with Gasteiger partial charge in [-0.15, -0.1) is 0 Å². The summed E-state index contributed by atoms with van der Waals surface area (Å²) in [7, 11) is 0. The zero-order valence-corrected chi connectivity index (χ0v) is 15.3. The van der Waals surface area contributed by atoms with Crippen molar-refractivity contribution < 1.29 is 9.32 Å². The number of hydrogen-bond donors (Lipinski definition) is 1. The maximum atomic E-state index is 12.6. The first-order valence-electron chi connectivity index (χ1n) is 9.28. The molecule has 2 heterocycles. The third-order valence-electron chi connectivity index (χ3n) is 4.74. The maximum absolute atomic E-state index is 12.6. The highest BCUT2D eigenvalue weighted by atomic mass is 16.5. The van der Waals surface area contributed by atoms with Crippen LogP contribution >= 0.6 is 0 Å². The number of nitrogens with one attached hydrogen (secondary N) is 1. The number of urea groups is 1. The third-order valence-corrected chi connectivity index (χ3v) is 4.74. The minimum Gasteiger partial charge on any atom is -0.339 e. The summed E-state index contributed by atoms with van der Waals surface area (Å²) in [6.07, 6.45) is 2.63. The number of aryl methyl sites for hydroxylation is 1. The largest absolute Gasteiger partial charge is 0.339 e. The van der Waals surface area contributed by atoms with E-state index in [0.29, 0.717) is 18.3 Å². The molecule has 1 N–H and O–H groups in total. The van der Waals surface area contributed by atoms with E-state index < -0.39 is 0 Å². The van der Waals surface area contributed by atoms with Gasteiger partial charge in [-0.1, -0.05) is 36.3 Å². The Balaban J connectivity index is 1.40. The molecule has 0 saturated heterocycles. The van der Waals surface area contributed by atoms with Crippen LogP contribution in [0.2, 0.25) is 0 Å². The molecule has 27 heavy (non-hydrogen) atoms. The average molecular weight is 362 g/mol. The van der Waals surface area contributed by atoms with E-state index in [1.165, 1.54) is 11.1 Å². The van der Waals surface area contributed by atoms with Crippen LogP contribution in [0.4, 0.5) is 10.5 Å². The molecular weight excluding hydrogens is 340 g/mol. The summed E-state index contributed by atoms with van der Waals surface area (Å²) in [5, 5.41) is 6.98. The monoisotopic (exact) mass is 362 g/mol. The number of fused-ring (bicyclic) bond motifs is 1. The van der Waals surface area contributed by atoms with Crippen LogP contribution < -0.4 is 5.32 Å². The molecule has 2 amide bonds. The van der Waals surface area contributed by atoms with Gasteiger partial charge in [-0.25, -0.2) is 4.79 Å². The Labute approximate surface area is 158 Å². The Hall–Kier alpha value is -3.15. The van der Waals surface area contributed by atoms with Gasteiger partial charge in [0.25, 0.3) is 0 Å². The molecule has 1 aromatic heterocycles. The van der Waals surface area contributed by atoms with Crippen molar-refractivity contribution in [1.82, 2.24) is 15.0 Å². The van der Waals surface area contributed by atoms with Crippen LogP contribution in [-0.2, 0) is 19.4 Å². The van der Waals surface area contributed by atoms with E-state index in [9.17, 15) is 4.79 Å². The Bertz CT molecular complexity index is 933. The van der Waals surface area contributed by atoms with Crippen molar-refractivity contribution in [2.75, 3.05) is 11.9 Å². The van der Waals surface area contributed by atoms with Crippen LogP contribution in [0.1, 0.15) is 30.4 Å². The van der Waals surface area contributed by atoms with Crippen LogP contribution in [0.3, 0.4) is 0 Å². The quantitative estimate of drug-likeness (QED) is 0.752. The second kappa shape index (κ2) is 7.61. The topological polar surface area (TPSA) is 71.3 Å². The fourth-order valence-corrected chi connectivity index (χ4v) is 3.26. The number of hydrogen-bond acceptors (Lipinski definition) is 4. The smallest absolute Gasteiger partial charge is 0.322 e. The molecule has 0 radical (unpaired) electrons. The number of aromatic nitrogens is 2. The van der Waals surface area contributed by atoms with E-state index in [1.54, 1.807) is 0 Å². The van der Waals surface area contributed by atoms with Crippen molar-refractivity contribution in [2.45, 2.75) is 32.7 Å². The molecule has 0 spiro atoms. The first kappa shape index (κ1) is 17.3. The van der Waals surface area contributed by atoms with Crippen LogP contribution in [0.25, 0.3) is 11.4 Å². The number of carbonyl (C=O) groups is 1. The third kappa shape index (κ3) is 3.84. The van der Waals surface area contributed by atoms with Gasteiger partial charge in [-0.2, -0.15) is 4.98 Å². The van der Waals surface area contributed by atoms with Crippen molar-refractivity contribution in [3.05, 3.63) is 65.5 Å². The molecule has 0 aliphatic carbocycles. The second-order valence-corrected chi connectivity index (χ2v) is 6.71. The van der Waals surface area contributed by atoms with Crippen molar-refractivity contribution in [3.63, 3.8) is 0 Å². The SMILES string of the molecule is CCCc1nc(-c2ccc(NC(=O)N3CCc4ccccc4C3)cc2)no1. The fourth-order valence-electron chi connectivity index (χ4n) is 3.26. The molecule has 0 saturated carbocycles. The lowest BCUT2D eigenvalue weighted by Crippen LogP contribution is -2.38. The van der Waals surface area contributed by atoms with Crippen LogP contribution in [-0.4, -0.2) is 27.6 Å². The van der Waals surface area contributed by atoms with Gasteiger partial charge in [0, 0.05) is 30.8 Å². The highest BCUT2D eigenvalue weighted by Gasteiger charge is 2.20. The van der Waals surface area contributed by atoms with E-state index >= 15 is 0 Å². The van der Waals surface area contributed by atoms with Gasteiger partial charge in [0.05, 0.1) is 0 Å². The maximum Gasteiger partial charge on any atom is 0.322 e. The molecule has 0 bridgehead atoms. The summed E-state index contributed by atoms with van der Waals surface area (Å²) < 4.78 is 5.22. The molecule has 0 atom stereocenters. The summed E-state index contributed by atoms with van der Waals surface area (Å²) >= 11 is 0. The molecule has 4 rings (SSSR count). The first-order chi connectivity index (χ1) is 13.2. The van der Waals surface area contributed by atoms with Crippen LogP contribution in [0.15, 0.2) is 53.1 Å². The van der Waals surface area contributed by atoms with Gasteiger partial charge < -0.3 is 14.7 Å². The Kier molecular flexibility index (Phi) is 4.87. The molecular formula is C21H22N4O2. The number of anilines is 1. The van der Waals surface area contributed by atoms with Gasteiger partial charge in [0.2, 0.25) is 11.7 Å². The van der Waals surface area contributed by atoms with Gasteiger partial charge in [0.15, 0.2) is 0 Å². The van der Waals surface area contributed by atoms with Crippen molar-refractivity contribution >= 4 is 11.7 Å². The Morgan fingerprint density at radius 2 is 1.93 bits per heavy atom. The zero-order chi connectivity index (χ0) is 18.6. The standard InChI is InChI=1S/C21H22N4O2/c1-2-5-19-23-20(24-27-19)16-8-10-18(11-9-16)22-21(26)25-13-12-15-6-3-4-7-17(15)14-25/h3-4,6-11H,2,5,12-14H2,1H3,(H,22,26). The normalized spacial score (nSPS) is 13.3. The summed E-state index contributed by atoms with van der Waals surface area (Å²) in [5.41, 5.74) is 4.16. The summed E-state index contributed by atoms with van der Waals surface area (Å²) in [6, 6.07) is 15.7. The number of carbonyl (C=O) groups excluding carboxylic acids is 1. The zero-order valence-electron chi connectivity index (χ0n) is 15.3. The van der Waals surface area contributed by atoms with E-state index in [1.807, 2.05) is 41.3 Å². The molecule has 1 aliphatic rings. The lowest BCUT2D eigenvalue weighted by Gasteiger charge is -2.29. The van der Waals surface area contributed by atoms with E-state index in [0.717, 1.165) is 37.1 Å². The van der Waals surface area contributed by atoms with E-state index in [-0.39, 0.29) is 6.03 Å². The highest BCUT2D eigenvalue weighted by molar-refractivity contribution is 5.89. The first-order valence-corrected chi connectivity index (χ1v) is 9.28. The van der Waals surface area contributed by atoms with E-state index in [2.05, 4.69) is 34.5 Å². The minimum atomic E-state index is -0.0814. The summed E-state index contributed by atoms with van der Waals surface area (Å²) in [4.78, 5) is 18.8. The fraction of sp³-hybridized carbons (Fsp3) is 0.286. The van der Waals surface area contributed by atoms with Gasteiger partial charge in [0.1, 0.15) is 0 Å². The molecule has 2 aromatic carbocycles. The lowest BCUT2D eigenvalue weighted by molar-refractivity contribution is 0.206. The molecule has 1 aliphatic heterocycles. The number of amides is 2. The summed E-state index contributed by atoms with van der Waals surface area (Å²) in [5.74, 6) is 1.22.